The predicted molar refractivity (Wildman–Crippen MR) is 68.5 cm³/mol. The van der Waals surface area contributed by atoms with Gasteiger partial charge in [0.25, 0.3) is 0 Å². The van der Waals surface area contributed by atoms with Gasteiger partial charge in [0.1, 0.15) is 0 Å². The number of carbonyl (C=O) groups is 2. The lowest BCUT2D eigenvalue weighted by Gasteiger charge is -2.03. The van der Waals surface area contributed by atoms with Crippen LogP contribution in [0, 0.1) is 5.92 Å². The third kappa shape index (κ3) is 11.2. The maximum absolute atomic E-state index is 10.7. The number of aliphatic carboxylic acids is 2. The second kappa shape index (κ2) is 11.5. The minimum Gasteiger partial charge on any atom is -0.481 e. The van der Waals surface area contributed by atoms with Gasteiger partial charge in [-0.3, -0.25) is 9.59 Å². The van der Waals surface area contributed by atoms with Crippen molar-refractivity contribution in [2.75, 3.05) is 0 Å². The van der Waals surface area contributed by atoms with Crippen molar-refractivity contribution in [3.63, 3.8) is 0 Å². The van der Waals surface area contributed by atoms with Gasteiger partial charge in [-0.25, -0.2) is 0 Å². The van der Waals surface area contributed by atoms with Crippen LogP contribution in [0.2, 0.25) is 0 Å². The van der Waals surface area contributed by atoms with E-state index in [1.54, 1.807) is 6.08 Å². The molecule has 0 aliphatic carbocycles. The van der Waals surface area contributed by atoms with Crippen LogP contribution >= 0.6 is 12.4 Å². The van der Waals surface area contributed by atoms with Gasteiger partial charge in [0.15, 0.2) is 0 Å². The molecule has 0 amide bonds. The quantitative estimate of drug-likeness (QED) is 0.496. The number of hydrogen-bond donors (Lipinski definition) is 2. The van der Waals surface area contributed by atoms with Crippen LogP contribution in [0.5, 0.6) is 0 Å². The molecule has 1 unspecified atom stereocenters. The fourth-order valence-corrected chi connectivity index (χ4v) is 1.38. The molecule has 0 saturated heterocycles. The van der Waals surface area contributed by atoms with Crippen molar-refractivity contribution >= 4 is 24.3 Å². The van der Waals surface area contributed by atoms with Crippen LogP contribution in [0.15, 0.2) is 12.2 Å². The Hall–Kier alpha value is -1.03. The zero-order chi connectivity index (χ0) is 12.4. The fraction of sp³-hybridized carbons (Fsp3) is 0.667. The van der Waals surface area contributed by atoms with Gasteiger partial charge >= 0.3 is 11.9 Å². The molecule has 0 fully saturated rings. The van der Waals surface area contributed by atoms with Gasteiger partial charge in [0.05, 0.1) is 12.3 Å². The van der Waals surface area contributed by atoms with E-state index in [0.717, 1.165) is 19.3 Å². The highest BCUT2D eigenvalue weighted by molar-refractivity contribution is 5.85. The summed E-state index contributed by atoms with van der Waals surface area (Å²) in [4.78, 5) is 21.1. The standard InChI is InChI=1S/C12H20O4.ClH/c1-2-3-4-5-6-7-8-10(12(15)16)9-11(13)14;/h7-8,10H,2-6,9H2,1H3,(H,13,14)(H,15,16);1H. The molecule has 5 heteroatoms. The Morgan fingerprint density at radius 3 is 2.29 bits per heavy atom. The lowest BCUT2D eigenvalue weighted by Crippen LogP contribution is -2.15. The van der Waals surface area contributed by atoms with Gasteiger partial charge in [-0.15, -0.1) is 12.4 Å². The number of allylic oxidation sites excluding steroid dienone is 1. The highest BCUT2D eigenvalue weighted by Gasteiger charge is 2.17. The second-order valence-corrected chi connectivity index (χ2v) is 3.82. The van der Waals surface area contributed by atoms with Crippen molar-refractivity contribution in [2.24, 2.45) is 5.92 Å². The van der Waals surface area contributed by atoms with Crippen LogP contribution in [-0.4, -0.2) is 22.2 Å². The number of rotatable bonds is 9. The maximum Gasteiger partial charge on any atom is 0.310 e. The van der Waals surface area contributed by atoms with E-state index in [1.165, 1.54) is 18.9 Å². The van der Waals surface area contributed by atoms with Crippen LogP contribution in [-0.2, 0) is 9.59 Å². The molecule has 2 N–H and O–H groups in total. The molecule has 0 spiro atoms. The molecule has 0 aromatic carbocycles. The molecule has 0 aromatic heterocycles. The van der Waals surface area contributed by atoms with E-state index in [9.17, 15) is 9.59 Å². The summed E-state index contributed by atoms with van der Waals surface area (Å²) in [5.74, 6) is -3.06. The summed E-state index contributed by atoms with van der Waals surface area (Å²) in [5.41, 5.74) is 0. The first kappa shape index (κ1) is 18.3. The molecule has 0 radical (unpaired) electrons. The fourth-order valence-electron chi connectivity index (χ4n) is 1.38. The number of carboxylic acid groups (broad SMARTS) is 2. The molecule has 0 aromatic rings. The third-order valence-electron chi connectivity index (χ3n) is 2.30. The molecular weight excluding hydrogens is 244 g/mol. The SMILES string of the molecule is CCCCCCC=CC(CC(=O)O)C(=O)O.Cl. The van der Waals surface area contributed by atoms with Crippen molar-refractivity contribution in [1.29, 1.82) is 0 Å². The van der Waals surface area contributed by atoms with E-state index < -0.39 is 17.9 Å². The number of carboxylic acids is 2. The summed E-state index contributed by atoms with van der Waals surface area (Å²) < 4.78 is 0. The Kier molecular flexibility index (Phi) is 12.4. The zero-order valence-electron chi connectivity index (χ0n) is 10.1. The van der Waals surface area contributed by atoms with Gasteiger partial charge in [0, 0.05) is 0 Å². The molecule has 0 saturated carbocycles. The predicted octanol–water partition coefficient (Wildman–Crippen LogP) is 3.11. The first-order chi connectivity index (χ1) is 7.57. The van der Waals surface area contributed by atoms with E-state index in [1.807, 2.05) is 0 Å². The van der Waals surface area contributed by atoms with Crippen LogP contribution in [0.1, 0.15) is 45.4 Å². The Morgan fingerprint density at radius 2 is 1.82 bits per heavy atom. The summed E-state index contributed by atoms with van der Waals surface area (Å²) in [7, 11) is 0. The first-order valence-corrected chi connectivity index (χ1v) is 5.69. The van der Waals surface area contributed by atoms with Crippen molar-refractivity contribution in [2.45, 2.75) is 45.4 Å². The lowest BCUT2D eigenvalue weighted by atomic mass is 10.0. The molecular formula is C12H21ClO4. The summed E-state index contributed by atoms with van der Waals surface area (Å²) in [6.07, 6.45) is 8.26. The Balaban J connectivity index is 0. The molecule has 17 heavy (non-hydrogen) atoms. The summed E-state index contributed by atoms with van der Waals surface area (Å²) in [5, 5.41) is 17.3. The lowest BCUT2D eigenvalue weighted by molar-refractivity contribution is -0.146. The summed E-state index contributed by atoms with van der Waals surface area (Å²) in [6, 6.07) is 0. The topological polar surface area (TPSA) is 74.6 Å². The van der Waals surface area contributed by atoms with E-state index in [-0.39, 0.29) is 18.8 Å². The molecule has 100 valence electrons. The average molecular weight is 265 g/mol. The average Bonchev–Trinajstić information content (AvgIpc) is 2.20. The van der Waals surface area contributed by atoms with E-state index in [4.69, 9.17) is 10.2 Å². The van der Waals surface area contributed by atoms with Crippen LogP contribution in [0.4, 0.5) is 0 Å². The minimum absolute atomic E-state index is 0. The minimum atomic E-state index is -1.08. The Bertz CT molecular complexity index is 251. The van der Waals surface area contributed by atoms with Crippen molar-refractivity contribution in [1.82, 2.24) is 0 Å². The highest BCUT2D eigenvalue weighted by atomic mass is 35.5. The van der Waals surface area contributed by atoms with Crippen LogP contribution < -0.4 is 0 Å². The smallest absolute Gasteiger partial charge is 0.310 e. The molecule has 0 rings (SSSR count). The zero-order valence-corrected chi connectivity index (χ0v) is 10.9. The monoisotopic (exact) mass is 264 g/mol. The molecule has 4 nitrogen and oxygen atoms in total. The molecule has 0 heterocycles. The molecule has 1 atom stereocenters. The first-order valence-electron chi connectivity index (χ1n) is 5.69. The van der Waals surface area contributed by atoms with Gasteiger partial charge in [-0.1, -0.05) is 38.3 Å². The Labute approximate surface area is 108 Å². The highest BCUT2D eigenvalue weighted by Crippen LogP contribution is 2.08. The summed E-state index contributed by atoms with van der Waals surface area (Å²) in [6.45, 7) is 2.13. The molecule has 0 bridgehead atoms. The van der Waals surface area contributed by atoms with Crippen molar-refractivity contribution in [3.8, 4) is 0 Å². The van der Waals surface area contributed by atoms with Gasteiger partial charge < -0.3 is 10.2 Å². The van der Waals surface area contributed by atoms with Crippen LogP contribution in [0.25, 0.3) is 0 Å². The van der Waals surface area contributed by atoms with E-state index >= 15 is 0 Å². The normalized spacial score (nSPS) is 12.1. The molecule has 0 aliphatic rings. The Morgan fingerprint density at radius 1 is 1.18 bits per heavy atom. The number of unbranched alkanes of at least 4 members (excludes halogenated alkanes) is 4. The van der Waals surface area contributed by atoms with Crippen LogP contribution in [0.3, 0.4) is 0 Å². The van der Waals surface area contributed by atoms with Gasteiger partial charge in [-0.2, -0.15) is 0 Å². The summed E-state index contributed by atoms with van der Waals surface area (Å²) >= 11 is 0. The number of hydrogen-bond acceptors (Lipinski definition) is 2. The molecule has 0 aliphatic heterocycles. The largest absolute Gasteiger partial charge is 0.481 e. The van der Waals surface area contributed by atoms with E-state index in [2.05, 4.69) is 6.92 Å². The van der Waals surface area contributed by atoms with Gasteiger partial charge in [-0.05, 0) is 12.8 Å². The van der Waals surface area contributed by atoms with Gasteiger partial charge in [0.2, 0.25) is 0 Å². The van der Waals surface area contributed by atoms with E-state index in [0.29, 0.717) is 0 Å². The van der Waals surface area contributed by atoms with Crippen molar-refractivity contribution in [3.05, 3.63) is 12.2 Å². The third-order valence-corrected chi connectivity index (χ3v) is 2.30. The number of halogens is 1. The second-order valence-electron chi connectivity index (χ2n) is 3.82. The van der Waals surface area contributed by atoms with Crippen molar-refractivity contribution < 1.29 is 19.8 Å². The maximum atomic E-state index is 10.7.